The predicted octanol–water partition coefficient (Wildman–Crippen LogP) is 3.85. The van der Waals surface area contributed by atoms with Crippen LogP contribution in [0.25, 0.3) is 11.0 Å². The lowest BCUT2D eigenvalue weighted by molar-refractivity contribution is 0.648. The molecule has 0 bridgehead atoms. The highest BCUT2D eigenvalue weighted by Crippen LogP contribution is 2.28. The first-order valence-corrected chi connectivity index (χ1v) is 10.1. The Hall–Kier alpha value is -3.12. The lowest BCUT2D eigenvalue weighted by Gasteiger charge is -2.37. The number of hydrogen-bond acceptors (Lipinski definition) is 5. The Morgan fingerprint density at radius 2 is 1.55 bits per heavy atom. The van der Waals surface area contributed by atoms with Crippen LogP contribution in [0.4, 0.5) is 11.5 Å². The molecule has 4 aromatic rings. The number of rotatable bonds is 4. The highest BCUT2D eigenvalue weighted by Gasteiger charge is 2.22. The van der Waals surface area contributed by atoms with Crippen LogP contribution in [-0.2, 0) is 6.54 Å². The van der Waals surface area contributed by atoms with Crippen molar-refractivity contribution in [2.75, 3.05) is 36.0 Å². The maximum Gasteiger partial charge on any atom is 0.163 e. The van der Waals surface area contributed by atoms with Gasteiger partial charge in [0.2, 0.25) is 0 Å². The van der Waals surface area contributed by atoms with Gasteiger partial charge in [0.25, 0.3) is 0 Å². The second-order valence-electron chi connectivity index (χ2n) is 7.15. The SMILES string of the molecule is Clc1ccccc1N1CCN(c2ncnc3c2cnn3Cc2ccccc2)CC1. The van der Waals surface area contributed by atoms with Gasteiger partial charge in [0.1, 0.15) is 12.1 Å². The molecule has 0 N–H and O–H groups in total. The topological polar surface area (TPSA) is 50.1 Å². The van der Waals surface area contributed by atoms with Crippen LogP contribution in [0, 0.1) is 0 Å². The zero-order chi connectivity index (χ0) is 19.6. The summed E-state index contributed by atoms with van der Waals surface area (Å²) in [6.45, 7) is 4.24. The second-order valence-corrected chi connectivity index (χ2v) is 7.56. The molecule has 0 aliphatic carbocycles. The third kappa shape index (κ3) is 3.51. The van der Waals surface area contributed by atoms with E-state index < -0.39 is 0 Å². The van der Waals surface area contributed by atoms with Gasteiger partial charge in [-0.15, -0.1) is 0 Å². The van der Waals surface area contributed by atoms with Crippen LogP contribution in [0.1, 0.15) is 5.56 Å². The first-order valence-electron chi connectivity index (χ1n) is 9.74. The van der Waals surface area contributed by atoms with Crippen LogP contribution >= 0.6 is 11.6 Å². The smallest absolute Gasteiger partial charge is 0.163 e. The maximum absolute atomic E-state index is 6.37. The van der Waals surface area contributed by atoms with Gasteiger partial charge in [0.05, 0.1) is 28.8 Å². The molecule has 1 aliphatic heterocycles. The molecular weight excluding hydrogens is 384 g/mol. The zero-order valence-electron chi connectivity index (χ0n) is 15.9. The third-order valence-electron chi connectivity index (χ3n) is 5.36. The number of halogens is 1. The molecule has 29 heavy (non-hydrogen) atoms. The second kappa shape index (κ2) is 7.72. The Kier molecular flexibility index (Phi) is 4.77. The summed E-state index contributed by atoms with van der Waals surface area (Å²) in [6, 6.07) is 18.3. The van der Waals surface area contributed by atoms with E-state index in [0.717, 1.165) is 53.7 Å². The number of fused-ring (bicyclic) bond motifs is 1. The first kappa shape index (κ1) is 17.9. The molecule has 0 radical (unpaired) electrons. The van der Waals surface area contributed by atoms with E-state index in [2.05, 4.69) is 43.1 Å². The van der Waals surface area contributed by atoms with Gasteiger partial charge >= 0.3 is 0 Å². The molecule has 6 nitrogen and oxygen atoms in total. The summed E-state index contributed by atoms with van der Waals surface area (Å²) >= 11 is 6.37. The molecule has 146 valence electrons. The van der Waals surface area contributed by atoms with E-state index in [4.69, 9.17) is 11.6 Å². The first-order chi connectivity index (χ1) is 14.3. The van der Waals surface area contributed by atoms with Crippen molar-refractivity contribution < 1.29 is 0 Å². The number of piperazine rings is 1. The standard InChI is InChI=1S/C22H21ClN6/c23-19-8-4-5-9-20(19)27-10-12-28(13-11-27)21-18-14-26-29(22(18)25-16-24-21)15-17-6-2-1-3-7-17/h1-9,14,16H,10-13,15H2. The summed E-state index contributed by atoms with van der Waals surface area (Å²) in [6.07, 6.45) is 3.52. The van der Waals surface area contributed by atoms with Crippen molar-refractivity contribution in [3.63, 3.8) is 0 Å². The highest BCUT2D eigenvalue weighted by atomic mass is 35.5. The van der Waals surface area contributed by atoms with Gasteiger partial charge in [-0.25, -0.2) is 14.6 Å². The Bertz CT molecular complexity index is 1120. The van der Waals surface area contributed by atoms with Gasteiger partial charge in [0.15, 0.2) is 5.65 Å². The number of anilines is 2. The van der Waals surface area contributed by atoms with Crippen molar-refractivity contribution in [3.05, 3.63) is 77.7 Å². The van der Waals surface area contributed by atoms with Crippen LogP contribution < -0.4 is 9.80 Å². The number of benzene rings is 2. The Labute approximate surface area is 174 Å². The molecule has 0 unspecified atom stereocenters. The Morgan fingerprint density at radius 1 is 0.828 bits per heavy atom. The van der Waals surface area contributed by atoms with Gasteiger partial charge in [-0.3, -0.25) is 0 Å². The number of para-hydroxylation sites is 1. The molecule has 1 fully saturated rings. The molecule has 0 spiro atoms. The lowest BCUT2D eigenvalue weighted by atomic mass is 10.2. The highest BCUT2D eigenvalue weighted by molar-refractivity contribution is 6.33. The van der Waals surface area contributed by atoms with E-state index in [1.807, 2.05) is 47.3 Å². The summed E-state index contributed by atoms with van der Waals surface area (Å²) in [5.74, 6) is 0.952. The summed E-state index contributed by atoms with van der Waals surface area (Å²) in [4.78, 5) is 13.7. The molecule has 2 aromatic heterocycles. The largest absolute Gasteiger partial charge is 0.367 e. The number of aromatic nitrogens is 4. The molecular formula is C22H21ClN6. The summed E-state index contributed by atoms with van der Waals surface area (Å²) < 4.78 is 1.94. The number of nitrogens with zero attached hydrogens (tertiary/aromatic N) is 6. The van der Waals surface area contributed by atoms with Crippen molar-refractivity contribution in [2.24, 2.45) is 0 Å². The summed E-state index contributed by atoms with van der Waals surface area (Å²) in [5, 5.41) is 6.37. The van der Waals surface area contributed by atoms with Gasteiger partial charge < -0.3 is 9.80 Å². The minimum atomic E-state index is 0.696. The van der Waals surface area contributed by atoms with Crippen molar-refractivity contribution in [1.29, 1.82) is 0 Å². The van der Waals surface area contributed by atoms with Gasteiger partial charge in [-0.05, 0) is 17.7 Å². The Morgan fingerprint density at radius 3 is 2.34 bits per heavy atom. The van der Waals surface area contributed by atoms with Crippen LogP contribution in [0.5, 0.6) is 0 Å². The lowest BCUT2D eigenvalue weighted by Crippen LogP contribution is -2.47. The fourth-order valence-electron chi connectivity index (χ4n) is 3.87. The summed E-state index contributed by atoms with van der Waals surface area (Å²) in [7, 11) is 0. The fraction of sp³-hybridized carbons (Fsp3) is 0.227. The van der Waals surface area contributed by atoms with Gasteiger partial charge in [0, 0.05) is 26.2 Å². The van der Waals surface area contributed by atoms with E-state index in [0.29, 0.717) is 6.54 Å². The van der Waals surface area contributed by atoms with E-state index >= 15 is 0 Å². The predicted molar refractivity (Wildman–Crippen MR) is 117 cm³/mol. The van der Waals surface area contributed by atoms with E-state index in [1.54, 1.807) is 6.33 Å². The maximum atomic E-state index is 6.37. The number of hydrogen-bond donors (Lipinski definition) is 0. The minimum Gasteiger partial charge on any atom is -0.367 e. The van der Waals surface area contributed by atoms with Crippen molar-refractivity contribution in [3.8, 4) is 0 Å². The van der Waals surface area contributed by atoms with Crippen molar-refractivity contribution in [1.82, 2.24) is 19.7 Å². The van der Waals surface area contributed by atoms with Crippen LogP contribution in [0.3, 0.4) is 0 Å². The van der Waals surface area contributed by atoms with Crippen LogP contribution in [0.2, 0.25) is 5.02 Å². The molecule has 5 rings (SSSR count). The van der Waals surface area contributed by atoms with Gasteiger partial charge in [-0.1, -0.05) is 54.1 Å². The van der Waals surface area contributed by atoms with Crippen LogP contribution in [0.15, 0.2) is 67.1 Å². The van der Waals surface area contributed by atoms with Crippen molar-refractivity contribution >= 4 is 34.1 Å². The quantitative estimate of drug-likeness (QED) is 0.517. The van der Waals surface area contributed by atoms with E-state index in [9.17, 15) is 0 Å². The Balaban J connectivity index is 1.37. The molecule has 0 saturated carbocycles. The molecule has 1 aliphatic rings. The van der Waals surface area contributed by atoms with Gasteiger partial charge in [-0.2, -0.15) is 5.10 Å². The summed E-state index contributed by atoms with van der Waals surface area (Å²) in [5.41, 5.74) is 3.16. The van der Waals surface area contributed by atoms with Crippen LogP contribution in [-0.4, -0.2) is 45.9 Å². The third-order valence-corrected chi connectivity index (χ3v) is 5.68. The molecule has 0 amide bonds. The molecule has 2 aromatic carbocycles. The zero-order valence-corrected chi connectivity index (χ0v) is 16.7. The minimum absolute atomic E-state index is 0.696. The fourth-order valence-corrected chi connectivity index (χ4v) is 4.13. The molecule has 0 atom stereocenters. The average molecular weight is 405 g/mol. The molecule has 7 heteroatoms. The van der Waals surface area contributed by atoms with E-state index in [-0.39, 0.29) is 0 Å². The van der Waals surface area contributed by atoms with Crippen molar-refractivity contribution in [2.45, 2.75) is 6.54 Å². The molecule has 3 heterocycles. The van der Waals surface area contributed by atoms with E-state index in [1.165, 1.54) is 5.56 Å². The average Bonchev–Trinajstić information content (AvgIpc) is 3.18. The molecule has 1 saturated heterocycles. The normalized spacial score (nSPS) is 14.5. The monoisotopic (exact) mass is 404 g/mol.